The summed E-state index contributed by atoms with van der Waals surface area (Å²) in [5.41, 5.74) is 4.12. The SMILES string of the molecule is O=C(/C=C/c1ccc(OCCCCCCN2CCC(Cc3ccccc3)CC2)cc1)c1ccc(OCCCCCCN2CCC(Cc3ccccc3)CC2)cc1O. The molecule has 2 saturated heterocycles. The van der Waals surface area contributed by atoms with Crippen molar-refractivity contribution in [1.82, 2.24) is 9.80 Å². The van der Waals surface area contributed by atoms with E-state index in [0.29, 0.717) is 19.0 Å². The Morgan fingerprint density at radius 1 is 0.579 bits per heavy atom. The van der Waals surface area contributed by atoms with Crippen molar-refractivity contribution in [1.29, 1.82) is 0 Å². The van der Waals surface area contributed by atoms with Crippen molar-refractivity contribution in [3.63, 3.8) is 0 Å². The van der Waals surface area contributed by atoms with E-state index < -0.39 is 0 Å². The van der Waals surface area contributed by atoms with Gasteiger partial charge in [-0.05, 0) is 162 Å². The maximum absolute atomic E-state index is 12.9. The highest BCUT2D eigenvalue weighted by Gasteiger charge is 2.20. The third-order valence-electron chi connectivity index (χ3n) is 12.0. The van der Waals surface area contributed by atoms with E-state index in [1.165, 1.54) is 127 Å². The molecule has 2 aliphatic heterocycles. The summed E-state index contributed by atoms with van der Waals surface area (Å²) in [7, 11) is 0. The van der Waals surface area contributed by atoms with Crippen LogP contribution in [0.3, 0.4) is 0 Å². The highest BCUT2D eigenvalue weighted by molar-refractivity contribution is 6.08. The van der Waals surface area contributed by atoms with Gasteiger partial charge in [0.15, 0.2) is 5.78 Å². The molecular formula is C51H66N2O4. The molecule has 57 heavy (non-hydrogen) atoms. The predicted octanol–water partition coefficient (Wildman–Crippen LogP) is 11.1. The van der Waals surface area contributed by atoms with Crippen molar-refractivity contribution in [3.8, 4) is 17.2 Å². The van der Waals surface area contributed by atoms with E-state index >= 15 is 0 Å². The number of likely N-dealkylation sites (tertiary alicyclic amines) is 2. The summed E-state index contributed by atoms with van der Waals surface area (Å²) in [6.07, 6.45) is 20.2. The van der Waals surface area contributed by atoms with Crippen molar-refractivity contribution >= 4 is 11.9 Å². The minimum atomic E-state index is -0.243. The van der Waals surface area contributed by atoms with Crippen LogP contribution in [-0.2, 0) is 12.8 Å². The number of phenols is 1. The molecule has 0 atom stereocenters. The van der Waals surface area contributed by atoms with Gasteiger partial charge < -0.3 is 24.4 Å². The number of aromatic hydroxyl groups is 1. The van der Waals surface area contributed by atoms with Crippen molar-refractivity contribution in [2.24, 2.45) is 11.8 Å². The predicted molar refractivity (Wildman–Crippen MR) is 234 cm³/mol. The van der Waals surface area contributed by atoms with Gasteiger partial charge >= 0.3 is 0 Å². The number of hydrogen-bond donors (Lipinski definition) is 1. The number of ether oxygens (including phenoxy) is 2. The average molecular weight is 771 g/mol. The van der Waals surface area contributed by atoms with E-state index in [1.807, 2.05) is 24.3 Å². The molecule has 6 nitrogen and oxygen atoms in total. The smallest absolute Gasteiger partial charge is 0.189 e. The fourth-order valence-corrected chi connectivity index (χ4v) is 8.43. The van der Waals surface area contributed by atoms with Crippen LogP contribution in [0.25, 0.3) is 6.08 Å². The Hall–Kier alpha value is -4.39. The zero-order valence-electron chi connectivity index (χ0n) is 34.2. The zero-order valence-corrected chi connectivity index (χ0v) is 34.2. The number of carbonyl (C=O) groups is 1. The third-order valence-corrected chi connectivity index (χ3v) is 12.0. The molecule has 0 aromatic heterocycles. The van der Waals surface area contributed by atoms with Crippen molar-refractivity contribution in [2.75, 3.05) is 52.5 Å². The minimum Gasteiger partial charge on any atom is -0.507 e. The Bertz CT molecular complexity index is 1740. The molecule has 304 valence electrons. The van der Waals surface area contributed by atoms with Gasteiger partial charge in [-0.25, -0.2) is 0 Å². The Kier molecular flexibility index (Phi) is 17.6. The highest BCUT2D eigenvalue weighted by atomic mass is 16.5. The number of piperidine rings is 2. The van der Waals surface area contributed by atoms with Gasteiger partial charge in [0.1, 0.15) is 17.2 Å². The first-order valence-electron chi connectivity index (χ1n) is 22.0. The summed E-state index contributed by atoms with van der Waals surface area (Å²) in [5.74, 6) is 2.78. The summed E-state index contributed by atoms with van der Waals surface area (Å²) in [5, 5.41) is 10.6. The van der Waals surface area contributed by atoms with E-state index in [2.05, 4.69) is 70.5 Å². The largest absolute Gasteiger partial charge is 0.507 e. The quantitative estimate of drug-likeness (QED) is 0.0460. The number of benzene rings is 4. The number of rotatable bonds is 23. The highest BCUT2D eigenvalue weighted by Crippen LogP contribution is 2.26. The topological polar surface area (TPSA) is 62.2 Å². The van der Waals surface area contributed by atoms with Crippen LogP contribution in [0.1, 0.15) is 104 Å². The lowest BCUT2D eigenvalue weighted by molar-refractivity contribution is 0.104. The first-order valence-corrected chi connectivity index (χ1v) is 22.0. The monoisotopic (exact) mass is 771 g/mol. The van der Waals surface area contributed by atoms with Gasteiger partial charge in [0.25, 0.3) is 0 Å². The maximum atomic E-state index is 12.9. The van der Waals surface area contributed by atoms with Crippen LogP contribution in [0.2, 0.25) is 0 Å². The summed E-state index contributed by atoms with van der Waals surface area (Å²) < 4.78 is 11.9. The average Bonchev–Trinajstić information content (AvgIpc) is 3.24. The number of ketones is 1. The molecule has 4 aromatic carbocycles. The first kappa shape index (κ1) is 42.2. The molecule has 6 heteroatoms. The molecule has 1 N–H and O–H groups in total. The van der Waals surface area contributed by atoms with Gasteiger partial charge in [0.05, 0.1) is 18.8 Å². The van der Waals surface area contributed by atoms with E-state index in [0.717, 1.165) is 42.4 Å². The summed E-state index contributed by atoms with van der Waals surface area (Å²) >= 11 is 0. The number of hydrogen-bond acceptors (Lipinski definition) is 6. The minimum absolute atomic E-state index is 0.0578. The molecule has 4 aromatic rings. The van der Waals surface area contributed by atoms with Gasteiger partial charge in [-0.15, -0.1) is 0 Å². The Labute approximate surface area is 342 Å². The van der Waals surface area contributed by atoms with Gasteiger partial charge in [0, 0.05) is 6.07 Å². The number of allylic oxidation sites excluding steroid dienone is 1. The number of phenolic OH excluding ortho intramolecular Hbond substituents is 1. The number of nitrogens with zero attached hydrogens (tertiary/aromatic N) is 2. The fraction of sp³-hybridized carbons (Fsp3) is 0.471. The third kappa shape index (κ3) is 15.1. The lowest BCUT2D eigenvalue weighted by Gasteiger charge is -2.32. The summed E-state index contributed by atoms with van der Waals surface area (Å²) in [4.78, 5) is 18.2. The van der Waals surface area contributed by atoms with Crippen molar-refractivity contribution < 1.29 is 19.4 Å². The lowest BCUT2D eigenvalue weighted by Crippen LogP contribution is -2.35. The van der Waals surface area contributed by atoms with Crippen LogP contribution < -0.4 is 9.47 Å². The maximum Gasteiger partial charge on any atom is 0.189 e. The fourth-order valence-electron chi connectivity index (χ4n) is 8.43. The van der Waals surface area contributed by atoms with Crippen LogP contribution in [0.5, 0.6) is 17.2 Å². The van der Waals surface area contributed by atoms with Crippen LogP contribution in [0.4, 0.5) is 0 Å². The van der Waals surface area contributed by atoms with Crippen LogP contribution >= 0.6 is 0 Å². The molecule has 0 spiro atoms. The van der Waals surface area contributed by atoms with Crippen molar-refractivity contribution in [2.45, 2.75) is 89.9 Å². The molecule has 0 unspecified atom stereocenters. The zero-order chi connectivity index (χ0) is 39.3. The van der Waals surface area contributed by atoms with Crippen molar-refractivity contribution in [3.05, 3.63) is 131 Å². The second kappa shape index (κ2) is 23.7. The van der Waals surface area contributed by atoms with Gasteiger partial charge in [-0.3, -0.25) is 4.79 Å². The molecule has 6 rings (SSSR count). The van der Waals surface area contributed by atoms with E-state index in [4.69, 9.17) is 9.47 Å². The molecule has 0 amide bonds. The van der Waals surface area contributed by atoms with Crippen LogP contribution in [0.15, 0.2) is 109 Å². The molecule has 2 heterocycles. The second-order valence-corrected chi connectivity index (χ2v) is 16.4. The van der Waals surface area contributed by atoms with Gasteiger partial charge in [-0.2, -0.15) is 0 Å². The normalized spacial score (nSPS) is 15.9. The molecular weight excluding hydrogens is 705 g/mol. The van der Waals surface area contributed by atoms with E-state index in [9.17, 15) is 9.90 Å². The van der Waals surface area contributed by atoms with E-state index in [-0.39, 0.29) is 17.1 Å². The molecule has 0 saturated carbocycles. The summed E-state index contributed by atoms with van der Waals surface area (Å²) in [6.45, 7) is 8.64. The molecule has 0 bridgehead atoms. The van der Waals surface area contributed by atoms with Crippen LogP contribution in [0, 0.1) is 11.8 Å². The molecule has 0 aliphatic carbocycles. The Morgan fingerprint density at radius 2 is 1.05 bits per heavy atom. The van der Waals surface area contributed by atoms with Crippen LogP contribution in [-0.4, -0.2) is 73.2 Å². The van der Waals surface area contributed by atoms with E-state index in [1.54, 1.807) is 24.3 Å². The van der Waals surface area contributed by atoms with Gasteiger partial charge in [-0.1, -0.05) is 105 Å². The molecule has 2 aliphatic rings. The molecule has 2 fully saturated rings. The second-order valence-electron chi connectivity index (χ2n) is 16.4. The number of unbranched alkanes of at least 4 members (excludes halogenated alkanes) is 6. The number of carbonyl (C=O) groups excluding carboxylic acids is 1. The molecule has 0 radical (unpaired) electrons. The standard InChI is InChI=1S/C51H66N2O4/c54-50(49-25-24-48(41-51(49)55)57-38-14-4-2-12-32-53-35-29-46(30-36-53)40-44-17-9-6-10-18-44)26-21-42-19-22-47(23-20-42)56-37-13-3-1-11-31-52-33-27-45(28-34-52)39-43-15-7-5-8-16-43/h5-10,15-26,41,45-46,55H,1-4,11-14,27-40H2/b26-21+. The lowest BCUT2D eigenvalue weighted by atomic mass is 9.90. The first-order chi connectivity index (χ1) is 28.1. The Morgan fingerprint density at radius 3 is 1.56 bits per heavy atom. The Balaban J connectivity index is 0.770. The summed E-state index contributed by atoms with van der Waals surface area (Å²) in [6, 6.07) is 34.6. The van der Waals surface area contributed by atoms with Gasteiger partial charge in [0.2, 0.25) is 0 Å².